The number of ether oxygens (including phenoxy) is 1. The fraction of sp³-hybridized carbons (Fsp3) is 0.500. The Morgan fingerprint density at radius 3 is 2.38 bits per heavy atom. The van der Waals surface area contributed by atoms with Crippen LogP contribution in [0.1, 0.15) is 31.6 Å². The number of thiol groups is 1. The van der Waals surface area contributed by atoms with E-state index in [4.69, 9.17) is 4.74 Å². The minimum absolute atomic E-state index is 0.173. The molecule has 0 radical (unpaired) electrons. The van der Waals surface area contributed by atoms with E-state index >= 15 is 0 Å². The number of hydrogen-bond donors (Lipinski definition) is 1. The van der Waals surface area contributed by atoms with Crippen molar-refractivity contribution in [2.24, 2.45) is 0 Å². The highest BCUT2D eigenvalue weighted by molar-refractivity contribution is 7.80. The molecule has 0 saturated heterocycles. The Morgan fingerprint density at radius 2 is 2.00 bits per heavy atom. The Labute approximate surface area is 84.7 Å². The van der Waals surface area contributed by atoms with Gasteiger partial charge in [-0.3, -0.25) is 0 Å². The molecule has 72 valence electrons. The largest absolute Gasteiger partial charge is 0.475 e. The van der Waals surface area contributed by atoms with Gasteiger partial charge in [0.15, 0.2) is 0 Å². The summed E-state index contributed by atoms with van der Waals surface area (Å²) in [5.41, 5.74) is 1.11. The number of rotatable bonds is 3. The van der Waals surface area contributed by atoms with Crippen molar-refractivity contribution >= 4 is 12.6 Å². The van der Waals surface area contributed by atoms with Gasteiger partial charge < -0.3 is 4.74 Å². The van der Waals surface area contributed by atoms with Gasteiger partial charge in [-0.25, -0.2) is 4.98 Å². The van der Waals surface area contributed by atoms with E-state index in [-0.39, 0.29) is 11.4 Å². The number of nitrogens with zero attached hydrogens (tertiary/aromatic N) is 1. The summed E-state index contributed by atoms with van der Waals surface area (Å²) in [5.74, 6) is 0.674. The van der Waals surface area contributed by atoms with Crippen LogP contribution < -0.4 is 4.74 Å². The third-order valence-corrected chi connectivity index (χ3v) is 1.90. The van der Waals surface area contributed by atoms with Crippen molar-refractivity contribution in [3.8, 4) is 5.88 Å². The van der Waals surface area contributed by atoms with Crippen LogP contribution in [0.2, 0.25) is 0 Å². The van der Waals surface area contributed by atoms with Gasteiger partial charge in [-0.1, -0.05) is 6.07 Å². The van der Waals surface area contributed by atoms with Crippen molar-refractivity contribution in [3.05, 3.63) is 23.9 Å². The first-order valence-electron chi connectivity index (χ1n) is 4.40. The molecule has 3 heteroatoms. The van der Waals surface area contributed by atoms with Crippen molar-refractivity contribution in [3.63, 3.8) is 0 Å². The minimum atomic E-state index is 0.173. The highest BCUT2D eigenvalue weighted by Gasteiger charge is 2.02. The molecule has 2 nitrogen and oxygen atoms in total. The molecule has 0 spiro atoms. The van der Waals surface area contributed by atoms with Crippen LogP contribution in [0.4, 0.5) is 0 Å². The van der Waals surface area contributed by atoms with Crippen LogP contribution in [0.3, 0.4) is 0 Å². The summed E-state index contributed by atoms with van der Waals surface area (Å²) in [4.78, 5) is 4.17. The van der Waals surface area contributed by atoms with Crippen LogP contribution in [-0.4, -0.2) is 11.1 Å². The van der Waals surface area contributed by atoms with E-state index in [2.05, 4.69) is 17.6 Å². The zero-order valence-electron chi connectivity index (χ0n) is 8.19. The van der Waals surface area contributed by atoms with E-state index in [0.717, 1.165) is 5.56 Å². The first-order chi connectivity index (χ1) is 6.09. The molecule has 0 bridgehead atoms. The topological polar surface area (TPSA) is 22.1 Å². The van der Waals surface area contributed by atoms with Crippen molar-refractivity contribution < 1.29 is 4.74 Å². The van der Waals surface area contributed by atoms with Crippen molar-refractivity contribution in [2.45, 2.75) is 32.1 Å². The van der Waals surface area contributed by atoms with E-state index in [9.17, 15) is 0 Å². The second-order valence-electron chi connectivity index (χ2n) is 3.27. The summed E-state index contributed by atoms with van der Waals surface area (Å²) >= 11 is 4.31. The first-order valence-corrected chi connectivity index (χ1v) is 4.92. The molecule has 0 aliphatic carbocycles. The van der Waals surface area contributed by atoms with Gasteiger partial charge in [0, 0.05) is 17.5 Å². The average molecular weight is 197 g/mol. The first kappa shape index (κ1) is 10.4. The molecule has 1 aromatic rings. The molecule has 1 unspecified atom stereocenters. The fourth-order valence-electron chi connectivity index (χ4n) is 0.950. The SMILES string of the molecule is CC(C)Oc1ccc(C(C)S)cn1. The zero-order valence-corrected chi connectivity index (χ0v) is 9.08. The molecule has 1 atom stereocenters. The molecule has 1 aromatic heterocycles. The van der Waals surface area contributed by atoms with Crippen LogP contribution >= 0.6 is 12.6 Å². The van der Waals surface area contributed by atoms with Gasteiger partial charge in [-0.2, -0.15) is 12.6 Å². The van der Waals surface area contributed by atoms with E-state index in [1.807, 2.05) is 32.9 Å². The van der Waals surface area contributed by atoms with Crippen LogP contribution in [0.25, 0.3) is 0 Å². The average Bonchev–Trinajstić information content (AvgIpc) is 2.04. The van der Waals surface area contributed by atoms with Crippen LogP contribution in [0.15, 0.2) is 18.3 Å². The van der Waals surface area contributed by atoms with Crippen LogP contribution in [-0.2, 0) is 0 Å². The summed E-state index contributed by atoms with van der Waals surface area (Å²) in [7, 11) is 0. The second kappa shape index (κ2) is 4.51. The highest BCUT2D eigenvalue weighted by Crippen LogP contribution is 2.19. The lowest BCUT2D eigenvalue weighted by atomic mass is 10.2. The number of hydrogen-bond acceptors (Lipinski definition) is 3. The third-order valence-electron chi connectivity index (χ3n) is 1.60. The van der Waals surface area contributed by atoms with Gasteiger partial charge >= 0.3 is 0 Å². The summed E-state index contributed by atoms with van der Waals surface area (Å²) in [6, 6.07) is 3.87. The van der Waals surface area contributed by atoms with Gasteiger partial charge in [-0.15, -0.1) is 0 Å². The molecule has 0 aliphatic rings. The lowest BCUT2D eigenvalue weighted by Gasteiger charge is -2.09. The second-order valence-corrected chi connectivity index (χ2v) is 4.05. The number of pyridine rings is 1. The molecule has 1 rings (SSSR count). The standard InChI is InChI=1S/C10H15NOS/c1-7(2)12-10-5-4-9(6-11-10)8(3)13/h4-8,13H,1-3H3. The summed E-state index contributed by atoms with van der Waals surface area (Å²) < 4.78 is 5.41. The number of aromatic nitrogens is 1. The predicted octanol–water partition coefficient (Wildman–Crippen LogP) is 2.86. The van der Waals surface area contributed by atoms with Crippen molar-refractivity contribution in [2.75, 3.05) is 0 Å². The monoisotopic (exact) mass is 197 g/mol. The molecule has 1 heterocycles. The van der Waals surface area contributed by atoms with Gasteiger partial charge in [0.25, 0.3) is 0 Å². The Hall–Kier alpha value is -0.700. The van der Waals surface area contributed by atoms with Crippen LogP contribution in [0, 0.1) is 0 Å². The van der Waals surface area contributed by atoms with Gasteiger partial charge in [0.1, 0.15) is 0 Å². The Balaban J connectivity index is 2.70. The van der Waals surface area contributed by atoms with Crippen molar-refractivity contribution in [1.82, 2.24) is 4.98 Å². The molecule has 13 heavy (non-hydrogen) atoms. The highest BCUT2D eigenvalue weighted by atomic mass is 32.1. The van der Waals surface area contributed by atoms with Gasteiger partial charge in [0.05, 0.1) is 6.10 Å². The summed E-state index contributed by atoms with van der Waals surface area (Å²) in [6.07, 6.45) is 1.97. The molecule has 0 aromatic carbocycles. The molecule has 0 aliphatic heterocycles. The molecule has 0 fully saturated rings. The predicted molar refractivity (Wildman–Crippen MR) is 57.4 cm³/mol. The fourth-order valence-corrected chi connectivity index (χ4v) is 1.10. The molecular formula is C10H15NOS. The zero-order chi connectivity index (χ0) is 9.84. The van der Waals surface area contributed by atoms with E-state index in [1.54, 1.807) is 6.20 Å². The Bertz CT molecular complexity index is 256. The van der Waals surface area contributed by atoms with E-state index in [0.29, 0.717) is 5.88 Å². The molecule has 0 N–H and O–H groups in total. The normalized spacial score (nSPS) is 13.0. The summed E-state index contributed by atoms with van der Waals surface area (Å²) in [5, 5.41) is 0.223. The maximum Gasteiger partial charge on any atom is 0.213 e. The molecule has 0 saturated carbocycles. The van der Waals surface area contributed by atoms with Crippen molar-refractivity contribution in [1.29, 1.82) is 0 Å². The van der Waals surface area contributed by atoms with Gasteiger partial charge in [-0.05, 0) is 26.3 Å². The maximum atomic E-state index is 5.41. The van der Waals surface area contributed by atoms with Crippen LogP contribution in [0.5, 0.6) is 5.88 Å². The lowest BCUT2D eigenvalue weighted by Crippen LogP contribution is -2.06. The van der Waals surface area contributed by atoms with E-state index < -0.39 is 0 Å². The molecule has 0 amide bonds. The summed E-state index contributed by atoms with van der Waals surface area (Å²) in [6.45, 7) is 5.98. The molecular weight excluding hydrogens is 182 g/mol. The Kier molecular flexibility index (Phi) is 3.60. The van der Waals surface area contributed by atoms with Gasteiger partial charge in [0.2, 0.25) is 5.88 Å². The Morgan fingerprint density at radius 1 is 1.31 bits per heavy atom. The third kappa shape index (κ3) is 3.27. The van der Waals surface area contributed by atoms with E-state index in [1.165, 1.54) is 0 Å². The lowest BCUT2D eigenvalue weighted by molar-refractivity contribution is 0.232. The smallest absolute Gasteiger partial charge is 0.213 e. The maximum absolute atomic E-state index is 5.41. The minimum Gasteiger partial charge on any atom is -0.475 e. The quantitative estimate of drug-likeness (QED) is 0.753.